The third kappa shape index (κ3) is 6.01. The first-order chi connectivity index (χ1) is 16.6. The first-order valence-electron chi connectivity index (χ1n) is 10.6. The van der Waals surface area contributed by atoms with E-state index in [2.05, 4.69) is 5.32 Å². The number of nitro benzene ring substituents is 1. The predicted molar refractivity (Wildman–Crippen MR) is 130 cm³/mol. The number of ether oxygens (including phenoxy) is 1. The molecule has 3 aromatic rings. The van der Waals surface area contributed by atoms with Gasteiger partial charge in [-0.3, -0.25) is 19.2 Å². The lowest BCUT2D eigenvalue weighted by atomic mass is 10.2. The molecule has 0 bridgehead atoms. The van der Waals surface area contributed by atoms with Crippen LogP contribution >= 0.6 is 0 Å². The monoisotopic (exact) mass is 497 g/mol. The zero-order valence-corrected chi connectivity index (χ0v) is 19.8. The molecule has 182 valence electrons. The Morgan fingerprint density at radius 1 is 1.03 bits per heavy atom. The molecule has 1 amide bonds. The number of nitrogens with zero attached hydrogens (tertiary/aromatic N) is 2. The number of nitro groups is 1. The van der Waals surface area contributed by atoms with Gasteiger partial charge in [0.25, 0.3) is 21.6 Å². The van der Waals surface area contributed by atoms with Crippen molar-refractivity contribution < 1.29 is 27.7 Å². The van der Waals surface area contributed by atoms with E-state index in [1.54, 1.807) is 37.3 Å². The summed E-state index contributed by atoms with van der Waals surface area (Å²) < 4.78 is 32.8. The van der Waals surface area contributed by atoms with Gasteiger partial charge in [-0.25, -0.2) is 13.2 Å². The molecule has 0 saturated heterocycles. The molecule has 0 heterocycles. The van der Waals surface area contributed by atoms with E-state index in [9.17, 15) is 28.1 Å². The maximum Gasteiger partial charge on any atom is 0.338 e. The van der Waals surface area contributed by atoms with E-state index in [-0.39, 0.29) is 28.4 Å². The van der Waals surface area contributed by atoms with Crippen molar-refractivity contribution >= 4 is 39.0 Å². The molecule has 0 unspecified atom stereocenters. The molecule has 0 saturated carbocycles. The molecule has 10 nitrogen and oxygen atoms in total. The Bertz CT molecular complexity index is 1340. The number of anilines is 2. The van der Waals surface area contributed by atoms with E-state index in [4.69, 9.17) is 4.74 Å². The molecule has 0 aliphatic rings. The summed E-state index contributed by atoms with van der Waals surface area (Å²) in [5.74, 6) is -1.60. The standard InChI is InChI=1S/C24H23N3O7S/c1-3-26(20-11-5-4-6-12-20)35(32,33)22-14-7-9-18(15-22)24(29)34-17(2)23(28)25-19-10-8-13-21(16-19)27(30)31/h4-17H,3H2,1-2H3,(H,25,28)/t17-/m1/s1. The molecule has 0 fully saturated rings. The molecular weight excluding hydrogens is 474 g/mol. The van der Waals surface area contributed by atoms with E-state index in [1.165, 1.54) is 59.8 Å². The number of benzene rings is 3. The van der Waals surface area contributed by atoms with Gasteiger partial charge < -0.3 is 10.1 Å². The van der Waals surface area contributed by atoms with E-state index in [0.29, 0.717) is 5.69 Å². The van der Waals surface area contributed by atoms with Gasteiger partial charge in [0.05, 0.1) is 21.1 Å². The smallest absolute Gasteiger partial charge is 0.338 e. The molecule has 0 spiro atoms. The summed E-state index contributed by atoms with van der Waals surface area (Å²) >= 11 is 0. The molecule has 0 aliphatic carbocycles. The van der Waals surface area contributed by atoms with E-state index >= 15 is 0 Å². The molecule has 3 aromatic carbocycles. The van der Waals surface area contributed by atoms with Crippen molar-refractivity contribution in [3.8, 4) is 0 Å². The Balaban J connectivity index is 1.74. The van der Waals surface area contributed by atoms with E-state index in [0.717, 1.165) is 0 Å². The maximum atomic E-state index is 13.2. The minimum absolute atomic E-state index is 0.0508. The van der Waals surface area contributed by atoms with Crippen LogP contribution in [0.2, 0.25) is 0 Å². The van der Waals surface area contributed by atoms with Gasteiger partial charge >= 0.3 is 5.97 Å². The number of esters is 1. The van der Waals surface area contributed by atoms with Crippen LogP contribution in [0.3, 0.4) is 0 Å². The molecular formula is C24H23N3O7S. The topological polar surface area (TPSA) is 136 Å². The molecule has 35 heavy (non-hydrogen) atoms. The summed E-state index contributed by atoms with van der Waals surface area (Å²) in [6, 6.07) is 19.2. The largest absolute Gasteiger partial charge is 0.449 e. The summed E-state index contributed by atoms with van der Waals surface area (Å²) in [4.78, 5) is 35.2. The normalized spacial score (nSPS) is 11.8. The number of non-ortho nitro benzene ring substituents is 1. The van der Waals surface area contributed by atoms with Crippen LogP contribution in [-0.4, -0.2) is 37.9 Å². The van der Waals surface area contributed by atoms with Gasteiger partial charge in [-0.15, -0.1) is 0 Å². The molecule has 0 aliphatic heterocycles. The number of nitrogens with one attached hydrogen (secondary N) is 1. The Morgan fingerprint density at radius 2 is 1.71 bits per heavy atom. The molecule has 0 aromatic heterocycles. The van der Waals surface area contributed by atoms with Crippen LogP contribution in [0.4, 0.5) is 17.1 Å². The van der Waals surface area contributed by atoms with Gasteiger partial charge in [0.15, 0.2) is 6.10 Å². The third-order valence-electron chi connectivity index (χ3n) is 4.97. The van der Waals surface area contributed by atoms with Gasteiger partial charge in [-0.1, -0.05) is 30.3 Å². The van der Waals surface area contributed by atoms with Crippen LogP contribution < -0.4 is 9.62 Å². The summed E-state index contributed by atoms with van der Waals surface area (Å²) in [5, 5.41) is 13.3. The Morgan fingerprint density at radius 3 is 2.37 bits per heavy atom. The third-order valence-corrected chi connectivity index (χ3v) is 6.87. The zero-order chi connectivity index (χ0) is 25.6. The highest BCUT2D eigenvalue weighted by Gasteiger charge is 2.26. The second-order valence-electron chi connectivity index (χ2n) is 7.38. The predicted octanol–water partition coefficient (Wildman–Crippen LogP) is 3.99. The number of carbonyl (C=O) groups is 2. The Hall–Kier alpha value is -4.25. The number of rotatable bonds is 9. The lowest BCUT2D eigenvalue weighted by Crippen LogP contribution is -2.31. The highest BCUT2D eigenvalue weighted by molar-refractivity contribution is 7.92. The van der Waals surface area contributed by atoms with Crippen molar-refractivity contribution in [2.75, 3.05) is 16.2 Å². The van der Waals surface area contributed by atoms with Gasteiger partial charge in [-0.2, -0.15) is 0 Å². The lowest BCUT2D eigenvalue weighted by Gasteiger charge is -2.23. The van der Waals surface area contributed by atoms with E-state index < -0.39 is 32.9 Å². The fourth-order valence-corrected chi connectivity index (χ4v) is 4.74. The summed E-state index contributed by atoms with van der Waals surface area (Å²) in [7, 11) is -3.97. The number of sulfonamides is 1. The molecule has 1 atom stereocenters. The van der Waals surface area contributed by atoms with Crippen LogP contribution in [0.15, 0.2) is 83.8 Å². The van der Waals surface area contributed by atoms with Crippen molar-refractivity contribution in [1.29, 1.82) is 0 Å². The number of hydrogen-bond acceptors (Lipinski definition) is 7. The SMILES string of the molecule is CCN(c1ccccc1)S(=O)(=O)c1cccc(C(=O)O[C@H](C)C(=O)Nc2cccc([N+](=O)[O-])c2)c1. The number of amides is 1. The van der Waals surface area contributed by atoms with Gasteiger partial charge in [0.1, 0.15) is 0 Å². The van der Waals surface area contributed by atoms with Crippen molar-refractivity contribution in [3.63, 3.8) is 0 Å². The van der Waals surface area contributed by atoms with Crippen molar-refractivity contribution in [1.82, 2.24) is 0 Å². The number of para-hydroxylation sites is 1. The van der Waals surface area contributed by atoms with E-state index in [1.807, 2.05) is 0 Å². The Kier molecular flexibility index (Phi) is 7.82. The molecule has 0 radical (unpaired) electrons. The molecule has 11 heteroatoms. The highest BCUT2D eigenvalue weighted by atomic mass is 32.2. The quantitative estimate of drug-likeness (QED) is 0.268. The van der Waals surface area contributed by atoms with Gasteiger partial charge in [-0.05, 0) is 50.2 Å². The van der Waals surface area contributed by atoms with Crippen LogP contribution in [0.5, 0.6) is 0 Å². The van der Waals surface area contributed by atoms with Crippen LogP contribution in [-0.2, 0) is 19.6 Å². The first kappa shape index (κ1) is 25.4. The lowest BCUT2D eigenvalue weighted by molar-refractivity contribution is -0.384. The van der Waals surface area contributed by atoms with Crippen LogP contribution in [0.1, 0.15) is 24.2 Å². The number of carbonyl (C=O) groups excluding carboxylic acids is 2. The average molecular weight is 498 g/mol. The Labute approximate surface area is 202 Å². The molecule has 1 N–H and O–H groups in total. The van der Waals surface area contributed by atoms with Gasteiger partial charge in [0, 0.05) is 24.4 Å². The van der Waals surface area contributed by atoms with Crippen molar-refractivity contribution in [2.24, 2.45) is 0 Å². The fourth-order valence-electron chi connectivity index (χ4n) is 3.22. The summed E-state index contributed by atoms with van der Waals surface area (Å²) in [6.07, 6.45) is -1.25. The molecule has 3 rings (SSSR count). The maximum absolute atomic E-state index is 13.2. The van der Waals surface area contributed by atoms with Gasteiger partial charge in [0.2, 0.25) is 0 Å². The fraction of sp³-hybridized carbons (Fsp3) is 0.167. The highest BCUT2D eigenvalue weighted by Crippen LogP contribution is 2.24. The minimum atomic E-state index is -3.97. The van der Waals surface area contributed by atoms with Crippen LogP contribution in [0, 0.1) is 10.1 Å². The number of hydrogen-bond donors (Lipinski definition) is 1. The van der Waals surface area contributed by atoms with Crippen molar-refractivity contribution in [2.45, 2.75) is 24.8 Å². The van der Waals surface area contributed by atoms with Crippen molar-refractivity contribution in [3.05, 3.63) is 94.5 Å². The minimum Gasteiger partial charge on any atom is -0.449 e. The van der Waals surface area contributed by atoms with Crippen LogP contribution in [0.25, 0.3) is 0 Å². The first-order valence-corrected chi connectivity index (χ1v) is 12.0. The second kappa shape index (κ2) is 10.8. The average Bonchev–Trinajstić information content (AvgIpc) is 2.85. The zero-order valence-electron chi connectivity index (χ0n) is 19.0. The summed E-state index contributed by atoms with van der Waals surface area (Å²) in [5.41, 5.74) is 0.391. The second-order valence-corrected chi connectivity index (χ2v) is 9.24. The summed E-state index contributed by atoms with van der Waals surface area (Å²) in [6.45, 7) is 3.21.